The van der Waals surface area contributed by atoms with Gasteiger partial charge in [-0.15, -0.1) is 0 Å². The number of fused-ring (bicyclic) bond motifs is 1. The average molecular weight is 332 g/mol. The van der Waals surface area contributed by atoms with Crippen molar-refractivity contribution >= 4 is 28.5 Å². The van der Waals surface area contributed by atoms with E-state index in [9.17, 15) is 9.59 Å². The molecule has 2 aromatic carbocycles. The van der Waals surface area contributed by atoms with Crippen LogP contribution in [0, 0.1) is 0 Å². The summed E-state index contributed by atoms with van der Waals surface area (Å²) in [5.74, 6) is -0.536. The summed E-state index contributed by atoms with van der Waals surface area (Å²) in [4.78, 5) is 26.5. The molecule has 1 aromatic heterocycles. The van der Waals surface area contributed by atoms with E-state index in [4.69, 9.17) is 21.4 Å². The first-order chi connectivity index (χ1) is 11.0. The van der Waals surface area contributed by atoms with Crippen molar-refractivity contribution in [1.29, 1.82) is 0 Å². The van der Waals surface area contributed by atoms with E-state index in [-0.39, 0.29) is 11.1 Å². The highest BCUT2D eigenvalue weighted by molar-refractivity contribution is 6.32. The molecular weight excluding hydrogens is 320 g/mol. The van der Waals surface area contributed by atoms with E-state index in [1.54, 1.807) is 18.2 Å². The van der Waals surface area contributed by atoms with E-state index in [0.29, 0.717) is 27.4 Å². The van der Waals surface area contributed by atoms with Gasteiger partial charge in [-0.25, -0.2) is 14.6 Å². The number of hydrogen-bond acceptors (Lipinski definition) is 3. The lowest BCUT2D eigenvalue weighted by Gasteiger charge is -2.05. The Hall–Kier alpha value is -2.86. The van der Waals surface area contributed by atoms with Gasteiger partial charge in [-0.05, 0) is 24.3 Å². The Morgan fingerprint density at radius 2 is 2.04 bits per heavy atom. The number of H-pyrrole nitrogens is 1. The van der Waals surface area contributed by atoms with Gasteiger partial charge < -0.3 is 9.84 Å². The van der Waals surface area contributed by atoms with Crippen molar-refractivity contribution < 1.29 is 19.6 Å². The summed E-state index contributed by atoms with van der Waals surface area (Å²) in [6.45, 7) is 0. The van der Waals surface area contributed by atoms with Gasteiger partial charge in [0.1, 0.15) is 22.3 Å². The minimum absolute atomic E-state index is 0.110. The van der Waals surface area contributed by atoms with Gasteiger partial charge in [0.2, 0.25) is 6.33 Å². The largest absolute Gasteiger partial charge is 0.495 e. The summed E-state index contributed by atoms with van der Waals surface area (Å²) >= 11 is 6.09. The van der Waals surface area contributed by atoms with Crippen molar-refractivity contribution in [2.24, 2.45) is 0 Å². The van der Waals surface area contributed by atoms with Crippen LogP contribution in [-0.2, 0) is 0 Å². The maximum atomic E-state index is 12.6. The van der Waals surface area contributed by atoms with Crippen LogP contribution in [-0.4, -0.2) is 22.8 Å². The summed E-state index contributed by atoms with van der Waals surface area (Å²) in [5.41, 5.74) is 0.849. The maximum Gasteiger partial charge on any atom is 0.350 e. The highest BCUT2D eigenvalue weighted by Gasteiger charge is 2.15. The number of ether oxygens (including phenoxy) is 1. The van der Waals surface area contributed by atoms with Crippen LogP contribution in [0.25, 0.3) is 16.6 Å². The third-order valence-corrected chi connectivity index (χ3v) is 3.77. The number of carboxylic acids is 1. The Kier molecular flexibility index (Phi) is 3.75. The number of halogens is 1. The fourth-order valence-electron chi connectivity index (χ4n) is 2.30. The second-order valence-electron chi connectivity index (χ2n) is 4.83. The van der Waals surface area contributed by atoms with Crippen LogP contribution < -0.4 is 15.3 Å². The standard InChI is InChI=1S/C16H11ClN2O4/c1-23-14-5-3-10(7-12(14)17)19-8-18-13-6-9(16(21)22)2-4-11(13)15(19)20/h2-8H,1H3,(H,21,22)/p+1. The topological polar surface area (TPSA) is 82.7 Å². The molecule has 0 radical (unpaired) electrons. The van der Waals surface area contributed by atoms with E-state index in [0.717, 1.165) is 0 Å². The van der Waals surface area contributed by atoms with Crippen LogP contribution in [0.4, 0.5) is 0 Å². The number of aromatic carboxylic acids is 1. The number of hydrogen-bond donors (Lipinski definition) is 1. The summed E-state index contributed by atoms with van der Waals surface area (Å²) in [6.07, 6.45) is 1.47. The molecule has 1 heterocycles. The van der Waals surface area contributed by atoms with Crippen molar-refractivity contribution in [2.45, 2.75) is 0 Å². The summed E-state index contributed by atoms with van der Waals surface area (Å²) < 4.78 is 6.49. The number of methoxy groups -OCH3 is 1. The smallest absolute Gasteiger partial charge is 0.350 e. The molecule has 0 unspecified atom stereocenters. The van der Waals surface area contributed by atoms with Crippen molar-refractivity contribution in [2.75, 3.05) is 7.11 Å². The van der Waals surface area contributed by atoms with Gasteiger partial charge in [-0.1, -0.05) is 11.6 Å². The predicted molar refractivity (Wildman–Crippen MR) is 84.6 cm³/mol. The third kappa shape index (κ3) is 2.64. The van der Waals surface area contributed by atoms with Gasteiger partial charge in [0.05, 0.1) is 17.7 Å². The number of nitrogens with zero attached hydrogens (tertiary/aromatic N) is 1. The molecule has 2 N–H and O–H groups in total. The first kappa shape index (κ1) is 15.1. The molecule has 0 spiro atoms. The number of aromatic nitrogens is 2. The molecule has 0 atom stereocenters. The van der Waals surface area contributed by atoms with Crippen LogP contribution in [0.15, 0.2) is 47.5 Å². The monoisotopic (exact) mass is 331 g/mol. The number of nitrogens with one attached hydrogen (secondary N) is 1. The number of benzene rings is 2. The highest BCUT2D eigenvalue weighted by Crippen LogP contribution is 2.26. The molecule has 23 heavy (non-hydrogen) atoms. The number of aromatic amines is 1. The molecule has 116 valence electrons. The van der Waals surface area contributed by atoms with Crippen LogP contribution >= 0.6 is 11.6 Å². The fraction of sp³-hybridized carbons (Fsp3) is 0.0625. The van der Waals surface area contributed by atoms with E-state index in [2.05, 4.69) is 4.98 Å². The third-order valence-electron chi connectivity index (χ3n) is 3.48. The zero-order valence-corrected chi connectivity index (χ0v) is 12.8. The molecule has 0 amide bonds. The Morgan fingerprint density at radius 1 is 1.26 bits per heavy atom. The van der Waals surface area contributed by atoms with E-state index >= 15 is 0 Å². The lowest BCUT2D eigenvalue weighted by atomic mass is 10.1. The predicted octanol–water partition coefficient (Wildman–Crippen LogP) is 2.17. The van der Waals surface area contributed by atoms with Gasteiger partial charge in [0, 0.05) is 12.1 Å². The zero-order valence-electron chi connectivity index (χ0n) is 12.0. The fourth-order valence-corrected chi connectivity index (χ4v) is 2.55. The number of rotatable bonds is 3. The number of carbonyl (C=O) groups is 1. The molecule has 7 heteroatoms. The Bertz CT molecular complexity index is 981. The molecule has 0 aliphatic heterocycles. The highest BCUT2D eigenvalue weighted by atomic mass is 35.5. The van der Waals surface area contributed by atoms with Crippen LogP contribution in [0.1, 0.15) is 10.4 Å². The van der Waals surface area contributed by atoms with Gasteiger partial charge in [0.15, 0.2) is 0 Å². The van der Waals surface area contributed by atoms with Crippen molar-refractivity contribution in [3.63, 3.8) is 0 Å². The van der Waals surface area contributed by atoms with Gasteiger partial charge in [-0.2, -0.15) is 4.57 Å². The molecule has 3 aromatic rings. The molecule has 6 nitrogen and oxygen atoms in total. The second kappa shape index (κ2) is 5.73. The molecule has 0 fully saturated rings. The lowest BCUT2D eigenvalue weighted by Crippen LogP contribution is -2.25. The van der Waals surface area contributed by atoms with E-state index < -0.39 is 5.97 Å². The van der Waals surface area contributed by atoms with Gasteiger partial charge in [-0.3, -0.25) is 0 Å². The number of carboxylic acid groups (broad SMARTS) is 1. The minimum atomic E-state index is -1.05. The van der Waals surface area contributed by atoms with Crippen LogP contribution in [0.3, 0.4) is 0 Å². The maximum absolute atomic E-state index is 12.6. The molecule has 0 bridgehead atoms. The van der Waals surface area contributed by atoms with E-state index in [1.807, 2.05) is 0 Å². The normalized spacial score (nSPS) is 10.7. The van der Waals surface area contributed by atoms with E-state index in [1.165, 1.54) is 36.2 Å². The average Bonchev–Trinajstić information content (AvgIpc) is 2.54. The molecule has 0 aliphatic carbocycles. The Labute approximate surface area is 135 Å². The lowest BCUT2D eigenvalue weighted by molar-refractivity contribution is -0.351. The molecule has 0 saturated heterocycles. The van der Waals surface area contributed by atoms with Gasteiger partial charge in [0.25, 0.3) is 0 Å². The van der Waals surface area contributed by atoms with Crippen molar-refractivity contribution in [3.05, 3.63) is 63.7 Å². The summed E-state index contributed by atoms with van der Waals surface area (Å²) in [6, 6.07) is 9.29. The van der Waals surface area contributed by atoms with Crippen molar-refractivity contribution in [1.82, 2.24) is 4.57 Å². The second-order valence-corrected chi connectivity index (χ2v) is 5.24. The SMILES string of the molecule is COc1ccc(-n2c[nH+]c3cc(C(=O)O)ccc3c2=O)cc1Cl. The quantitative estimate of drug-likeness (QED) is 0.797. The molecule has 0 aliphatic rings. The summed E-state index contributed by atoms with van der Waals surface area (Å²) in [5, 5.41) is 9.77. The molecular formula is C16H12ClN2O4+. The minimum Gasteiger partial charge on any atom is -0.495 e. The zero-order chi connectivity index (χ0) is 16.6. The first-order valence-corrected chi connectivity index (χ1v) is 7.03. The Balaban J connectivity index is 2.18. The van der Waals surface area contributed by atoms with Crippen molar-refractivity contribution in [3.8, 4) is 11.4 Å². The van der Waals surface area contributed by atoms with Crippen LogP contribution in [0.5, 0.6) is 5.75 Å². The Morgan fingerprint density at radius 3 is 2.70 bits per heavy atom. The molecule has 0 saturated carbocycles. The summed E-state index contributed by atoms with van der Waals surface area (Å²) in [7, 11) is 1.51. The first-order valence-electron chi connectivity index (χ1n) is 6.65. The van der Waals surface area contributed by atoms with Gasteiger partial charge >= 0.3 is 11.5 Å². The van der Waals surface area contributed by atoms with Crippen LogP contribution in [0.2, 0.25) is 5.02 Å². The molecule has 3 rings (SSSR count).